The van der Waals surface area contributed by atoms with Gasteiger partial charge >= 0.3 is 0 Å². The summed E-state index contributed by atoms with van der Waals surface area (Å²) in [6.07, 6.45) is 1.78. The maximum atomic E-state index is 4.39. The molecule has 6 heteroatoms. The molecule has 1 aliphatic heterocycles. The number of fused-ring (bicyclic) bond motifs is 1. The Kier molecular flexibility index (Phi) is 2.37. The first kappa shape index (κ1) is 9.39. The van der Waals surface area contributed by atoms with Crippen LogP contribution < -0.4 is 10.0 Å². The van der Waals surface area contributed by atoms with Gasteiger partial charge in [0, 0.05) is 25.0 Å². The summed E-state index contributed by atoms with van der Waals surface area (Å²) in [6.45, 7) is 4.08. The highest BCUT2D eigenvalue weighted by Gasteiger charge is 2.17. The number of aryl methyl sites for hydroxylation is 1. The molecule has 2 heterocycles. The van der Waals surface area contributed by atoms with Crippen molar-refractivity contribution in [2.75, 3.05) is 5.32 Å². The van der Waals surface area contributed by atoms with Gasteiger partial charge in [0.2, 0.25) is 5.96 Å². The maximum absolute atomic E-state index is 4.39. The lowest BCUT2D eigenvalue weighted by atomic mass is 10.4. The van der Waals surface area contributed by atoms with Gasteiger partial charge in [-0.3, -0.25) is 4.72 Å². The molecule has 0 unspecified atom stereocenters. The van der Waals surface area contributed by atoms with E-state index in [1.165, 1.54) is 11.9 Å². The van der Waals surface area contributed by atoms with Crippen LogP contribution in [0.15, 0.2) is 16.3 Å². The van der Waals surface area contributed by atoms with E-state index >= 15 is 0 Å². The summed E-state index contributed by atoms with van der Waals surface area (Å²) >= 11 is 1.48. The molecule has 2 N–H and O–H groups in total. The summed E-state index contributed by atoms with van der Waals surface area (Å²) in [4.78, 5) is 8.60. The zero-order valence-corrected chi connectivity index (χ0v) is 9.22. The first-order valence-corrected chi connectivity index (χ1v) is 5.27. The van der Waals surface area contributed by atoms with Gasteiger partial charge in [0.05, 0.1) is 6.33 Å². The van der Waals surface area contributed by atoms with Crippen molar-refractivity contribution in [3.63, 3.8) is 0 Å². The summed E-state index contributed by atoms with van der Waals surface area (Å²) < 4.78 is 5.04. The fourth-order valence-electron chi connectivity index (χ4n) is 1.18. The molecule has 0 amide bonds. The molecule has 76 valence electrons. The largest absolute Gasteiger partial charge is 0.319 e. The average molecular weight is 211 g/mol. The maximum Gasteiger partial charge on any atom is 0.207 e. The summed E-state index contributed by atoms with van der Waals surface area (Å²) in [5.41, 5.74) is 0. The number of hydrogen-bond donors (Lipinski definition) is 2. The molecular formula is C8H13N5S. The van der Waals surface area contributed by atoms with Crippen molar-refractivity contribution in [3.05, 3.63) is 6.33 Å². The van der Waals surface area contributed by atoms with Gasteiger partial charge < -0.3 is 9.88 Å². The Balaban J connectivity index is 2.24. The van der Waals surface area contributed by atoms with E-state index in [-0.39, 0.29) is 6.04 Å². The topological polar surface area (TPSA) is 54.2 Å². The Bertz CT molecular complexity index is 368. The van der Waals surface area contributed by atoms with Crippen LogP contribution in [0.3, 0.4) is 0 Å². The molecule has 1 aromatic heterocycles. The number of anilines is 1. The molecule has 0 fully saturated rings. The van der Waals surface area contributed by atoms with Crippen LogP contribution in [0, 0.1) is 0 Å². The highest BCUT2D eigenvalue weighted by Crippen LogP contribution is 2.26. The van der Waals surface area contributed by atoms with E-state index < -0.39 is 0 Å². The van der Waals surface area contributed by atoms with Crippen LogP contribution in [-0.4, -0.2) is 21.6 Å². The normalized spacial score (nSPS) is 17.9. The molecule has 1 aromatic rings. The van der Waals surface area contributed by atoms with E-state index in [1.807, 2.05) is 25.5 Å². The molecule has 0 aliphatic carbocycles. The van der Waals surface area contributed by atoms with Gasteiger partial charge in [0.1, 0.15) is 5.82 Å². The molecule has 0 spiro atoms. The van der Waals surface area contributed by atoms with Crippen molar-refractivity contribution in [2.24, 2.45) is 12.0 Å². The van der Waals surface area contributed by atoms with Gasteiger partial charge in [-0.05, 0) is 13.8 Å². The highest BCUT2D eigenvalue weighted by atomic mass is 32.2. The van der Waals surface area contributed by atoms with E-state index in [0.29, 0.717) is 0 Å². The van der Waals surface area contributed by atoms with Crippen molar-refractivity contribution in [3.8, 4) is 0 Å². The Morgan fingerprint density at radius 2 is 2.36 bits per heavy atom. The minimum atomic E-state index is 0.278. The lowest BCUT2D eigenvalue weighted by molar-refractivity contribution is 0.829. The fourth-order valence-corrected chi connectivity index (χ4v) is 1.86. The number of aliphatic imine (C=N–C) groups is 1. The molecule has 0 radical (unpaired) electrons. The van der Waals surface area contributed by atoms with Crippen molar-refractivity contribution in [1.82, 2.24) is 14.3 Å². The average Bonchev–Trinajstić information content (AvgIpc) is 2.47. The molecule has 0 saturated carbocycles. The van der Waals surface area contributed by atoms with Crippen LogP contribution in [0.2, 0.25) is 0 Å². The zero-order chi connectivity index (χ0) is 10.1. The second-order valence-electron chi connectivity index (χ2n) is 3.41. The van der Waals surface area contributed by atoms with Crippen LogP contribution in [0.5, 0.6) is 0 Å². The Labute approximate surface area is 87.1 Å². The van der Waals surface area contributed by atoms with Crippen LogP contribution in [0.1, 0.15) is 13.8 Å². The minimum Gasteiger partial charge on any atom is -0.319 e. The van der Waals surface area contributed by atoms with Crippen LogP contribution in [0.25, 0.3) is 0 Å². The van der Waals surface area contributed by atoms with E-state index in [9.17, 15) is 0 Å². The quantitative estimate of drug-likeness (QED) is 0.685. The summed E-state index contributed by atoms with van der Waals surface area (Å²) in [7, 11) is 1.96. The molecule has 0 bridgehead atoms. The second-order valence-corrected chi connectivity index (χ2v) is 4.20. The van der Waals surface area contributed by atoms with E-state index in [2.05, 4.69) is 20.0 Å². The second kappa shape index (κ2) is 3.53. The Morgan fingerprint density at radius 3 is 3.07 bits per heavy atom. The number of nitrogens with one attached hydrogen (secondary N) is 2. The van der Waals surface area contributed by atoms with Crippen LogP contribution in [0.4, 0.5) is 5.82 Å². The number of imidazole rings is 1. The third-order valence-electron chi connectivity index (χ3n) is 1.77. The number of aromatic nitrogens is 2. The molecule has 14 heavy (non-hydrogen) atoms. The smallest absolute Gasteiger partial charge is 0.207 e. The van der Waals surface area contributed by atoms with Gasteiger partial charge in [0.15, 0.2) is 5.03 Å². The van der Waals surface area contributed by atoms with Gasteiger partial charge in [-0.15, -0.1) is 0 Å². The molecule has 1 aliphatic rings. The summed E-state index contributed by atoms with van der Waals surface area (Å²) in [5, 5.41) is 4.15. The predicted octanol–water partition coefficient (Wildman–Crippen LogP) is 1.21. The van der Waals surface area contributed by atoms with E-state index in [1.54, 1.807) is 6.33 Å². The van der Waals surface area contributed by atoms with Gasteiger partial charge in [-0.25, -0.2) is 9.98 Å². The van der Waals surface area contributed by atoms with E-state index in [0.717, 1.165) is 16.8 Å². The molecule has 0 saturated heterocycles. The predicted molar refractivity (Wildman–Crippen MR) is 58.4 cm³/mol. The third-order valence-corrected chi connectivity index (χ3v) is 2.56. The standard InChI is InChI=1S/C8H13N5S/c1-5(2)10-8-11-6-7(14-12-8)9-4-13(6)3/h4-5H,1-3H3,(H2,10,11,12). The number of hydrogen-bond acceptors (Lipinski definition) is 3. The minimum absolute atomic E-state index is 0.278. The summed E-state index contributed by atoms with van der Waals surface area (Å²) in [5.74, 6) is 1.79. The zero-order valence-electron chi connectivity index (χ0n) is 8.40. The molecule has 0 atom stereocenters. The van der Waals surface area contributed by atoms with Gasteiger partial charge in [-0.2, -0.15) is 0 Å². The number of rotatable bonds is 1. The van der Waals surface area contributed by atoms with Crippen molar-refractivity contribution in [2.45, 2.75) is 24.9 Å². The molecule has 5 nitrogen and oxygen atoms in total. The SMILES string of the molecule is CC(C)N=C1NSc2ncn(C)c2N1. The van der Waals surface area contributed by atoms with Crippen molar-refractivity contribution in [1.29, 1.82) is 0 Å². The summed E-state index contributed by atoms with van der Waals surface area (Å²) in [6, 6.07) is 0.278. The highest BCUT2D eigenvalue weighted by molar-refractivity contribution is 7.98. The number of guanidine groups is 1. The van der Waals surface area contributed by atoms with E-state index in [4.69, 9.17) is 0 Å². The number of nitrogens with zero attached hydrogens (tertiary/aromatic N) is 3. The molecule has 0 aromatic carbocycles. The first-order valence-electron chi connectivity index (χ1n) is 4.46. The monoisotopic (exact) mass is 211 g/mol. The third kappa shape index (κ3) is 1.70. The lowest BCUT2D eigenvalue weighted by Gasteiger charge is -2.18. The lowest BCUT2D eigenvalue weighted by Crippen LogP contribution is -2.31. The van der Waals surface area contributed by atoms with Crippen molar-refractivity contribution >= 4 is 23.7 Å². The van der Waals surface area contributed by atoms with Gasteiger partial charge in [-0.1, -0.05) is 0 Å². The van der Waals surface area contributed by atoms with Crippen molar-refractivity contribution < 1.29 is 0 Å². The molecule has 2 rings (SSSR count). The van der Waals surface area contributed by atoms with Crippen LogP contribution >= 0.6 is 11.9 Å². The Morgan fingerprint density at radius 1 is 1.57 bits per heavy atom. The fraction of sp³-hybridized carbons (Fsp3) is 0.500. The molecular weight excluding hydrogens is 198 g/mol. The van der Waals surface area contributed by atoms with Crippen LogP contribution in [-0.2, 0) is 7.05 Å². The van der Waals surface area contributed by atoms with Gasteiger partial charge in [0.25, 0.3) is 0 Å². The Hall–Kier alpha value is -1.17. The first-order chi connectivity index (χ1) is 6.66.